The van der Waals surface area contributed by atoms with E-state index in [0.717, 1.165) is 5.57 Å². The summed E-state index contributed by atoms with van der Waals surface area (Å²) in [5, 5.41) is 18.8. The second-order valence-corrected chi connectivity index (χ2v) is 4.77. The van der Waals surface area contributed by atoms with Crippen molar-refractivity contribution in [1.82, 2.24) is 0 Å². The molecule has 102 valence electrons. The SMILES string of the molecule is CC(C)=CC(O)C(C)OCC(C)OCC(C)O. The Kier molecular flexibility index (Phi) is 8.43. The number of aliphatic hydroxyl groups excluding tert-OH is 2. The molecule has 0 heterocycles. The van der Waals surface area contributed by atoms with Crippen LogP contribution < -0.4 is 0 Å². The van der Waals surface area contributed by atoms with Crippen LogP contribution in [0.3, 0.4) is 0 Å². The van der Waals surface area contributed by atoms with Gasteiger partial charge in [-0.1, -0.05) is 11.6 Å². The molecule has 0 aromatic carbocycles. The van der Waals surface area contributed by atoms with Gasteiger partial charge in [0.2, 0.25) is 0 Å². The molecule has 0 aliphatic heterocycles. The Bertz CT molecular complexity index is 221. The molecule has 4 heteroatoms. The molecule has 0 aromatic rings. The highest BCUT2D eigenvalue weighted by Gasteiger charge is 2.14. The van der Waals surface area contributed by atoms with Gasteiger partial charge in [0.1, 0.15) is 0 Å². The van der Waals surface area contributed by atoms with Crippen LogP contribution in [0, 0.1) is 0 Å². The number of ether oxygens (including phenoxy) is 2. The van der Waals surface area contributed by atoms with Crippen molar-refractivity contribution in [2.24, 2.45) is 0 Å². The van der Waals surface area contributed by atoms with E-state index in [1.54, 1.807) is 13.0 Å². The molecule has 0 rings (SSSR count). The minimum absolute atomic E-state index is 0.0917. The molecule has 0 fully saturated rings. The normalized spacial score (nSPS) is 18.3. The van der Waals surface area contributed by atoms with Crippen molar-refractivity contribution in [3.05, 3.63) is 11.6 Å². The van der Waals surface area contributed by atoms with Gasteiger partial charge in [0.05, 0.1) is 37.6 Å². The van der Waals surface area contributed by atoms with E-state index in [4.69, 9.17) is 14.6 Å². The summed E-state index contributed by atoms with van der Waals surface area (Å²) < 4.78 is 10.8. The number of allylic oxidation sites excluding steroid dienone is 1. The molecule has 17 heavy (non-hydrogen) atoms. The van der Waals surface area contributed by atoms with Crippen LogP contribution in [0.15, 0.2) is 11.6 Å². The predicted molar refractivity (Wildman–Crippen MR) is 67.9 cm³/mol. The van der Waals surface area contributed by atoms with Crippen molar-refractivity contribution in [1.29, 1.82) is 0 Å². The van der Waals surface area contributed by atoms with E-state index in [0.29, 0.717) is 13.2 Å². The molecular formula is C13H26O4. The van der Waals surface area contributed by atoms with Crippen LogP contribution in [-0.4, -0.2) is 47.8 Å². The van der Waals surface area contributed by atoms with Crippen LogP contribution in [0.1, 0.15) is 34.6 Å². The largest absolute Gasteiger partial charge is 0.391 e. The van der Waals surface area contributed by atoms with Gasteiger partial charge in [-0.15, -0.1) is 0 Å². The average molecular weight is 246 g/mol. The Labute approximate surface area is 104 Å². The molecule has 0 aliphatic rings. The predicted octanol–water partition coefficient (Wildman–Crippen LogP) is 1.50. The topological polar surface area (TPSA) is 58.9 Å². The van der Waals surface area contributed by atoms with E-state index in [2.05, 4.69) is 0 Å². The van der Waals surface area contributed by atoms with Crippen LogP contribution in [0.5, 0.6) is 0 Å². The summed E-state index contributed by atoms with van der Waals surface area (Å²) in [6.45, 7) is 9.95. The van der Waals surface area contributed by atoms with E-state index >= 15 is 0 Å². The van der Waals surface area contributed by atoms with Crippen LogP contribution in [-0.2, 0) is 9.47 Å². The summed E-state index contributed by atoms with van der Waals surface area (Å²) in [7, 11) is 0. The van der Waals surface area contributed by atoms with Crippen LogP contribution >= 0.6 is 0 Å². The first-order valence-electron chi connectivity index (χ1n) is 6.07. The number of rotatable bonds is 8. The van der Waals surface area contributed by atoms with Crippen molar-refractivity contribution in [3.63, 3.8) is 0 Å². The average Bonchev–Trinajstić information content (AvgIpc) is 2.21. The van der Waals surface area contributed by atoms with Gasteiger partial charge in [0, 0.05) is 0 Å². The maximum absolute atomic E-state index is 9.74. The van der Waals surface area contributed by atoms with Gasteiger partial charge in [0.15, 0.2) is 0 Å². The van der Waals surface area contributed by atoms with Crippen LogP contribution in [0.25, 0.3) is 0 Å². The van der Waals surface area contributed by atoms with Gasteiger partial charge in [-0.25, -0.2) is 0 Å². The zero-order valence-electron chi connectivity index (χ0n) is 11.5. The Hall–Kier alpha value is -0.420. The molecule has 4 atom stereocenters. The lowest BCUT2D eigenvalue weighted by Crippen LogP contribution is -2.29. The monoisotopic (exact) mass is 246 g/mol. The van der Waals surface area contributed by atoms with E-state index in [1.165, 1.54) is 0 Å². The van der Waals surface area contributed by atoms with Crippen LogP contribution in [0.2, 0.25) is 0 Å². The zero-order valence-corrected chi connectivity index (χ0v) is 11.5. The Balaban J connectivity index is 3.82. The lowest BCUT2D eigenvalue weighted by molar-refractivity contribution is -0.0728. The smallest absolute Gasteiger partial charge is 0.0982 e. The van der Waals surface area contributed by atoms with Crippen molar-refractivity contribution < 1.29 is 19.7 Å². The molecule has 0 bridgehead atoms. The summed E-state index contributed by atoms with van der Waals surface area (Å²) in [5.41, 5.74) is 1.06. The summed E-state index contributed by atoms with van der Waals surface area (Å²) in [4.78, 5) is 0. The molecule has 0 aliphatic carbocycles. The van der Waals surface area contributed by atoms with E-state index < -0.39 is 12.2 Å². The number of aliphatic hydroxyl groups is 2. The second kappa shape index (κ2) is 8.64. The van der Waals surface area contributed by atoms with E-state index in [9.17, 15) is 5.11 Å². The third-order valence-electron chi connectivity index (χ3n) is 2.20. The maximum Gasteiger partial charge on any atom is 0.0982 e. The Morgan fingerprint density at radius 2 is 1.65 bits per heavy atom. The van der Waals surface area contributed by atoms with Gasteiger partial charge >= 0.3 is 0 Å². The fourth-order valence-electron chi connectivity index (χ4n) is 1.21. The van der Waals surface area contributed by atoms with Gasteiger partial charge < -0.3 is 19.7 Å². The number of hydrogen-bond donors (Lipinski definition) is 2. The minimum atomic E-state index is -0.594. The van der Waals surface area contributed by atoms with Gasteiger partial charge in [-0.2, -0.15) is 0 Å². The summed E-state index contributed by atoms with van der Waals surface area (Å²) in [6.07, 6.45) is 0.356. The molecule has 2 N–H and O–H groups in total. The first-order chi connectivity index (χ1) is 7.82. The first-order valence-corrected chi connectivity index (χ1v) is 6.07. The lowest BCUT2D eigenvalue weighted by Gasteiger charge is -2.20. The van der Waals surface area contributed by atoms with Crippen molar-refractivity contribution in [3.8, 4) is 0 Å². The third kappa shape index (κ3) is 9.30. The highest BCUT2D eigenvalue weighted by Crippen LogP contribution is 2.05. The Morgan fingerprint density at radius 1 is 1.06 bits per heavy atom. The molecule has 0 spiro atoms. The quantitative estimate of drug-likeness (QED) is 0.637. The van der Waals surface area contributed by atoms with E-state index in [1.807, 2.05) is 27.7 Å². The standard InChI is InChI=1S/C13H26O4/c1-9(2)6-13(15)12(5)17-8-11(4)16-7-10(3)14/h6,10-15H,7-8H2,1-5H3. The molecular weight excluding hydrogens is 220 g/mol. The summed E-state index contributed by atoms with van der Waals surface area (Å²) in [6, 6.07) is 0. The van der Waals surface area contributed by atoms with E-state index in [-0.39, 0.29) is 12.2 Å². The summed E-state index contributed by atoms with van der Waals surface area (Å²) >= 11 is 0. The highest BCUT2D eigenvalue weighted by atomic mass is 16.5. The molecule has 4 nitrogen and oxygen atoms in total. The highest BCUT2D eigenvalue weighted by molar-refractivity contribution is 4.99. The molecule has 4 unspecified atom stereocenters. The fourth-order valence-corrected chi connectivity index (χ4v) is 1.21. The zero-order chi connectivity index (χ0) is 13.4. The van der Waals surface area contributed by atoms with Crippen molar-refractivity contribution >= 4 is 0 Å². The molecule has 0 radical (unpaired) electrons. The number of hydrogen-bond acceptors (Lipinski definition) is 4. The van der Waals surface area contributed by atoms with Crippen molar-refractivity contribution in [2.75, 3.05) is 13.2 Å². The molecule has 0 amide bonds. The summed E-state index contributed by atoms with van der Waals surface area (Å²) in [5.74, 6) is 0. The maximum atomic E-state index is 9.74. The lowest BCUT2D eigenvalue weighted by atomic mass is 10.1. The molecule has 0 saturated heterocycles. The second-order valence-electron chi connectivity index (χ2n) is 4.77. The third-order valence-corrected chi connectivity index (χ3v) is 2.20. The molecule has 0 aromatic heterocycles. The van der Waals surface area contributed by atoms with Gasteiger partial charge in [-0.05, 0) is 34.6 Å². The van der Waals surface area contributed by atoms with Gasteiger partial charge in [0.25, 0.3) is 0 Å². The van der Waals surface area contributed by atoms with Crippen LogP contribution in [0.4, 0.5) is 0 Å². The Morgan fingerprint density at radius 3 is 2.12 bits per heavy atom. The first kappa shape index (κ1) is 16.6. The van der Waals surface area contributed by atoms with Gasteiger partial charge in [-0.3, -0.25) is 0 Å². The molecule has 0 saturated carbocycles. The fraction of sp³-hybridized carbons (Fsp3) is 0.846. The minimum Gasteiger partial charge on any atom is -0.391 e. The van der Waals surface area contributed by atoms with Crippen molar-refractivity contribution in [2.45, 2.75) is 59.0 Å².